The van der Waals surface area contributed by atoms with E-state index in [1.54, 1.807) is 12.1 Å². The van der Waals surface area contributed by atoms with Gasteiger partial charge in [0.15, 0.2) is 0 Å². The molecule has 0 atom stereocenters. The van der Waals surface area contributed by atoms with E-state index in [9.17, 15) is 4.79 Å². The van der Waals surface area contributed by atoms with Gasteiger partial charge in [-0.3, -0.25) is 0 Å². The molecule has 0 aliphatic heterocycles. The fourth-order valence-electron chi connectivity index (χ4n) is 3.99. The molecule has 3 aromatic rings. The summed E-state index contributed by atoms with van der Waals surface area (Å²) in [6.45, 7) is 6.71. The van der Waals surface area contributed by atoms with Gasteiger partial charge in [-0.15, -0.1) is 0 Å². The van der Waals surface area contributed by atoms with Crippen molar-refractivity contribution in [3.63, 3.8) is 0 Å². The lowest BCUT2D eigenvalue weighted by molar-refractivity contribution is 0.0697. The molecule has 0 saturated heterocycles. The zero-order valence-corrected chi connectivity index (χ0v) is 17.6. The van der Waals surface area contributed by atoms with Crippen molar-refractivity contribution >= 4 is 23.7 Å². The van der Waals surface area contributed by atoms with E-state index in [4.69, 9.17) is 5.11 Å². The fourth-order valence-corrected chi connectivity index (χ4v) is 3.99. The van der Waals surface area contributed by atoms with Crippen molar-refractivity contribution in [3.05, 3.63) is 112 Å². The maximum Gasteiger partial charge on any atom is 0.335 e. The van der Waals surface area contributed by atoms with Crippen LogP contribution >= 0.6 is 0 Å². The van der Waals surface area contributed by atoms with Gasteiger partial charge in [-0.05, 0) is 70.3 Å². The molecule has 0 bridgehead atoms. The molecule has 0 fully saturated rings. The Labute approximate surface area is 178 Å². The van der Waals surface area contributed by atoms with Crippen molar-refractivity contribution in [2.75, 3.05) is 0 Å². The van der Waals surface area contributed by atoms with E-state index in [1.807, 2.05) is 18.2 Å². The lowest BCUT2D eigenvalue weighted by atomic mass is 9.72. The van der Waals surface area contributed by atoms with Gasteiger partial charge in [0.2, 0.25) is 0 Å². The molecule has 1 aliphatic carbocycles. The summed E-state index contributed by atoms with van der Waals surface area (Å²) >= 11 is 0. The summed E-state index contributed by atoms with van der Waals surface area (Å²) in [6, 6.07) is 22.4. The van der Waals surface area contributed by atoms with E-state index in [0.29, 0.717) is 5.56 Å². The Balaban J connectivity index is 1.69. The maximum atomic E-state index is 11.0. The molecule has 0 amide bonds. The van der Waals surface area contributed by atoms with Crippen LogP contribution in [-0.2, 0) is 5.41 Å². The predicted octanol–water partition coefficient (Wildman–Crippen LogP) is 6.98. The van der Waals surface area contributed by atoms with Gasteiger partial charge in [0.25, 0.3) is 0 Å². The van der Waals surface area contributed by atoms with Crippen LogP contribution in [0.15, 0.2) is 72.8 Å². The number of rotatable bonds is 4. The molecule has 0 aromatic heterocycles. The van der Waals surface area contributed by atoms with Gasteiger partial charge in [-0.25, -0.2) is 4.79 Å². The molecular weight excluding hydrogens is 368 g/mol. The van der Waals surface area contributed by atoms with E-state index in [2.05, 4.69) is 75.4 Å². The van der Waals surface area contributed by atoms with Crippen LogP contribution in [0, 0.1) is 6.92 Å². The Morgan fingerprint density at radius 2 is 1.53 bits per heavy atom. The molecule has 1 N–H and O–H groups in total. The van der Waals surface area contributed by atoms with Crippen LogP contribution in [0.1, 0.15) is 64.0 Å². The Kier molecular flexibility index (Phi) is 5.17. The molecule has 2 heteroatoms. The molecule has 4 rings (SSSR count). The molecule has 0 radical (unpaired) electrons. The van der Waals surface area contributed by atoms with Gasteiger partial charge < -0.3 is 5.11 Å². The number of allylic oxidation sites excluding steroid dienone is 1. The van der Waals surface area contributed by atoms with Crippen LogP contribution < -0.4 is 0 Å². The summed E-state index contributed by atoms with van der Waals surface area (Å²) in [5.41, 5.74) is 9.00. The summed E-state index contributed by atoms with van der Waals surface area (Å²) in [6.07, 6.45) is 7.50. The van der Waals surface area contributed by atoms with Crippen molar-refractivity contribution in [2.45, 2.75) is 32.6 Å². The van der Waals surface area contributed by atoms with Crippen LogP contribution in [0.2, 0.25) is 0 Å². The molecule has 30 heavy (non-hydrogen) atoms. The average molecular weight is 395 g/mol. The average Bonchev–Trinajstić information content (AvgIpc) is 2.73. The number of hydrogen-bond donors (Lipinski definition) is 1. The summed E-state index contributed by atoms with van der Waals surface area (Å²) in [5.74, 6) is -0.904. The third-order valence-corrected chi connectivity index (χ3v) is 5.87. The van der Waals surface area contributed by atoms with E-state index >= 15 is 0 Å². The van der Waals surface area contributed by atoms with Crippen molar-refractivity contribution in [1.82, 2.24) is 0 Å². The number of carboxylic acids is 1. The minimum absolute atomic E-state index is 0.110. The molecule has 2 nitrogen and oxygen atoms in total. The number of aromatic carboxylic acids is 1. The fraction of sp³-hybridized carbons (Fsp3) is 0.179. The predicted molar refractivity (Wildman–Crippen MR) is 125 cm³/mol. The summed E-state index contributed by atoms with van der Waals surface area (Å²) < 4.78 is 0. The second kappa shape index (κ2) is 7.79. The topological polar surface area (TPSA) is 37.3 Å². The van der Waals surface area contributed by atoms with Crippen LogP contribution in [0.25, 0.3) is 17.7 Å². The standard InChI is InChI=1S/C28H26O2/c1-19-4-11-22(12-5-19)24-16-17-28(2,3)26-15-10-21(18-25(24)26)7-6-20-8-13-23(14-9-20)27(29)30/h4-16,18H,17H2,1-3H3,(H,29,30). The largest absolute Gasteiger partial charge is 0.478 e. The van der Waals surface area contributed by atoms with Crippen LogP contribution in [0.3, 0.4) is 0 Å². The third kappa shape index (κ3) is 3.99. The highest BCUT2D eigenvalue weighted by Gasteiger charge is 2.28. The highest BCUT2D eigenvalue weighted by Crippen LogP contribution is 2.41. The first kappa shape index (κ1) is 19.9. The molecular formula is C28H26O2. The lowest BCUT2D eigenvalue weighted by Gasteiger charge is -2.32. The second-order valence-corrected chi connectivity index (χ2v) is 8.64. The molecule has 0 spiro atoms. The quantitative estimate of drug-likeness (QED) is 0.485. The third-order valence-electron chi connectivity index (χ3n) is 5.87. The van der Waals surface area contributed by atoms with Gasteiger partial charge >= 0.3 is 5.97 Å². The molecule has 3 aromatic carbocycles. The number of hydrogen-bond acceptors (Lipinski definition) is 1. The van der Waals surface area contributed by atoms with Gasteiger partial charge in [0.05, 0.1) is 5.56 Å². The highest BCUT2D eigenvalue weighted by atomic mass is 16.4. The molecule has 150 valence electrons. The summed E-state index contributed by atoms with van der Waals surface area (Å²) in [4.78, 5) is 11.0. The smallest absolute Gasteiger partial charge is 0.335 e. The first-order valence-electron chi connectivity index (χ1n) is 10.3. The number of fused-ring (bicyclic) bond motifs is 1. The molecule has 0 heterocycles. The Morgan fingerprint density at radius 3 is 2.20 bits per heavy atom. The summed E-state index contributed by atoms with van der Waals surface area (Å²) in [5, 5.41) is 9.05. The van der Waals surface area contributed by atoms with Gasteiger partial charge in [0, 0.05) is 0 Å². The number of carboxylic acid groups (broad SMARTS) is 1. The second-order valence-electron chi connectivity index (χ2n) is 8.64. The Bertz CT molecular complexity index is 1140. The minimum atomic E-state index is -0.904. The SMILES string of the molecule is Cc1ccc(C2=CCC(C)(C)c3ccc(C=Cc4ccc(C(=O)O)cc4)cc32)cc1. The lowest BCUT2D eigenvalue weighted by Crippen LogP contribution is -2.21. The first-order chi connectivity index (χ1) is 14.3. The van der Waals surface area contributed by atoms with E-state index in [1.165, 1.54) is 27.8 Å². The van der Waals surface area contributed by atoms with Crippen LogP contribution in [0.4, 0.5) is 0 Å². The number of benzene rings is 3. The van der Waals surface area contributed by atoms with Gasteiger partial charge in [0.1, 0.15) is 0 Å². The Hall–Kier alpha value is -3.39. The zero-order valence-electron chi connectivity index (χ0n) is 17.6. The molecule has 1 aliphatic rings. The zero-order chi connectivity index (χ0) is 21.3. The van der Waals surface area contributed by atoms with E-state index in [0.717, 1.165) is 17.5 Å². The van der Waals surface area contributed by atoms with Crippen molar-refractivity contribution < 1.29 is 9.90 Å². The summed E-state index contributed by atoms with van der Waals surface area (Å²) in [7, 11) is 0. The van der Waals surface area contributed by atoms with Crippen molar-refractivity contribution in [2.24, 2.45) is 0 Å². The minimum Gasteiger partial charge on any atom is -0.478 e. The first-order valence-corrected chi connectivity index (χ1v) is 10.3. The van der Waals surface area contributed by atoms with Crippen LogP contribution in [-0.4, -0.2) is 11.1 Å². The number of aryl methyl sites for hydroxylation is 1. The van der Waals surface area contributed by atoms with Crippen molar-refractivity contribution in [1.29, 1.82) is 0 Å². The van der Waals surface area contributed by atoms with Crippen molar-refractivity contribution in [3.8, 4) is 0 Å². The number of carbonyl (C=O) groups is 1. The monoisotopic (exact) mass is 394 g/mol. The normalized spacial score (nSPS) is 15.0. The molecule has 0 unspecified atom stereocenters. The van der Waals surface area contributed by atoms with Gasteiger partial charge in [-0.2, -0.15) is 0 Å². The highest BCUT2D eigenvalue weighted by molar-refractivity contribution is 5.88. The Morgan fingerprint density at radius 1 is 0.900 bits per heavy atom. The maximum absolute atomic E-state index is 11.0. The molecule has 0 saturated carbocycles. The van der Waals surface area contributed by atoms with Gasteiger partial charge in [-0.1, -0.05) is 86.2 Å². The van der Waals surface area contributed by atoms with E-state index in [-0.39, 0.29) is 5.41 Å². The van der Waals surface area contributed by atoms with Crippen LogP contribution in [0.5, 0.6) is 0 Å². The van der Waals surface area contributed by atoms with E-state index < -0.39 is 5.97 Å².